The number of aromatic nitrogens is 1. The normalized spacial score (nSPS) is 17.4. The van der Waals surface area contributed by atoms with Crippen LogP contribution in [0, 0.1) is 0 Å². The van der Waals surface area contributed by atoms with Crippen LogP contribution in [0.1, 0.15) is 53.2 Å². The van der Waals surface area contributed by atoms with Crippen LogP contribution in [0.5, 0.6) is 11.5 Å². The SMILES string of the molecule is COc1ccccc1OCc1nc(C(=O)NC2CCCCC2NC(=O)CCc2ccccc2)cs1. The Balaban J connectivity index is 1.29. The number of carbonyl (C=O) groups is 2. The zero-order chi connectivity index (χ0) is 24.5. The molecule has 2 atom stereocenters. The van der Waals surface area contributed by atoms with E-state index in [9.17, 15) is 9.59 Å². The topological polar surface area (TPSA) is 89.6 Å². The molecule has 8 heteroatoms. The minimum absolute atomic E-state index is 0.0180. The number of nitrogens with zero attached hydrogens (tertiary/aromatic N) is 1. The number of nitrogens with one attached hydrogen (secondary N) is 2. The molecule has 2 amide bonds. The lowest BCUT2D eigenvalue weighted by Crippen LogP contribution is -2.53. The first-order valence-electron chi connectivity index (χ1n) is 12.0. The van der Waals surface area contributed by atoms with E-state index < -0.39 is 0 Å². The largest absolute Gasteiger partial charge is 0.493 e. The van der Waals surface area contributed by atoms with Crippen molar-refractivity contribution >= 4 is 23.2 Å². The average Bonchev–Trinajstić information content (AvgIpc) is 3.37. The second kappa shape index (κ2) is 12.4. The first-order valence-corrected chi connectivity index (χ1v) is 12.8. The Labute approximate surface area is 209 Å². The Hall–Kier alpha value is -3.39. The number of amides is 2. The third kappa shape index (κ3) is 7.05. The molecule has 1 heterocycles. The van der Waals surface area contributed by atoms with Crippen LogP contribution in [0.25, 0.3) is 0 Å². The fraction of sp³-hybridized carbons (Fsp3) is 0.370. The van der Waals surface area contributed by atoms with Gasteiger partial charge in [0.1, 0.15) is 17.3 Å². The molecular formula is C27H31N3O4S. The van der Waals surface area contributed by atoms with Gasteiger partial charge in [0.2, 0.25) is 5.91 Å². The van der Waals surface area contributed by atoms with Crippen molar-refractivity contribution in [3.63, 3.8) is 0 Å². The van der Waals surface area contributed by atoms with Crippen LogP contribution in [-0.4, -0.2) is 36.0 Å². The molecule has 2 aromatic carbocycles. The van der Waals surface area contributed by atoms with Gasteiger partial charge in [-0.05, 0) is 37.0 Å². The van der Waals surface area contributed by atoms with E-state index in [4.69, 9.17) is 9.47 Å². The maximum absolute atomic E-state index is 12.9. The van der Waals surface area contributed by atoms with Gasteiger partial charge in [0.15, 0.2) is 11.5 Å². The molecule has 0 bridgehead atoms. The fourth-order valence-corrected chi connectivity index (χ4v) is 4.94. The molecule has 35 heavy (non-hydrogen) atoms. The molecule has 1 aliphatic rings. The minimum atomic E-state index is -0.222. The Morgan fingerprint density at radius 1 is 0.971 bits per heavy atom. The Morgan fingerprint density at radius 3 is 2.40 bits per heavy atom. The number of para-hydroxylation sites is 2. The second-order valence-electron chi connectivity index (χ2n) is 8.59. The smallest absolute Gasteiger partial charge is 0.271 e. The number of rotatable bonds is 10. The predicted molar refractivity (Wildman–Crippen MR) is 136 cm³/mol. The molecule has 2 N–H and O–H groups in total. The van der Waals surface area contributed by atoms with Crippen LogP contribution in [0.4, 0.5) is 0 Å². The lowest BCUT2D eigenvalue weighted by molar-refractivity contribution is -0.122. The van der Waals surface area contributed by atoms with E-state index in [2.05, 4.69) is 15.6 Å². The number of aryl methyl sites for hydroxylation is 1. The molecule has 1 aromatic heterocycles. The molecule has 0 spiro atoms. The van der Waals surface area contributed by atoms with Crippen LogP contribution in [-0.2, 0) is 17.8 Å². The molecule has 7 nitrogen and oxygen atoms in total. The Kier molecular flexibility index (Phi) is 8.73. The number of hydrogen-bond donors (Lipinski definition) is 2. The number of methoxy groups -OCH3 is 1. The van der Waals surface area contributed by atoms with Crippen molar-refractivity contribution in [1.29, 1.82) is 0 Å². The maximum atomic E-state index is 12.9. The van der Waals surface area contributed by atoms with E-state index in [0.29, 0.717) is 35.0 Å². The monoisotopic (exact) mass is 493 g/mol. The first-order chi connectivity index (χ1) is 17.1. The Bertz CT molecular complexity index is 1120. The number of carbonyl (C=O) groups excluding carboxylic acids is 2. The van der Waals surface area contributed by atoms with Crippen molar-refractivity contribution in [3.8, 4) is 11.5 Å². The molecule has 1 saturated carbocycles. The van der Waals surface area contributed by atoms with Gasteiger partial charge >= 0.3 is 0 Å². The quantitative estimate of drug-likeness (QED) is 0.433. The van der Waals surface area contributed by atoms with Gasteiger partial charge in [-0.1, -0.05) is 55.3 Å². The average molecular weight is 494 g/mol. The summed E-state index contributed by atoms with van der Waals surface area (Å²) in [5.74, 6) is 1.07. The predicted octanol–water partition coefficient (Wildman–Crippen LogP) is 4.52. The van der Waals surface area contributed by atoms with E-state index in [1.165, 1.54) is 11.3 Å². The summed E-state index contributed by atoms with van der Waals surface area (Å²) in [5.41, 5.74) is 1.51. The van der Waals surface area contributed by atoms with Crippen molar-refractivity contribution in [2.24, 2.45) is 0 Å². The van der Waals surface area contributed by atoms with Crippen molar-refractivity contribution in [3.05, 3.63) is 76.2 Å². The van der Waals surface area contributed by atoms with Gasteiger partial charge in [0.25, 0.3) is 5.91 Å². The number of benzene rings is 2. The summed E-state index contributed by atoms with van der Waals surface area (Å²) < 4.78 is 11.1. The molecule has 2 unspecified atom stereocenters. The minimum Gasteiger partial charge on any atom is -0.493 e. The molecule has 0 radical (unpaired) electrons. The van der Waals surface area contributed by atoms with Crippen LogP contribution >= 0.6 is 11.3 Å². The standard InChI is InChI=1S/C27H31N3O4S/c1-33-23-13-7-8-14-24(23)34-17-26-29-22(18-35-26)27(32)30-21-12-6-5-11-20(21)28-25(31)16-15-19-9-3-2-4-10-19/h2-4,7-10,13-14,18,20-21H,5-6,11-12,15-17H2,1H3,(H,28,31)(H,30,32). The summed E-state index contributed by atoms with van der Waals surface area (Å²) in [6.45, 7) is 0.252. The van der Waals surface area contributed by atoms with Gasteiger partial charge in [0.05, 0.1) is 7.11 Å². The van der Waals surface area contributed by atoms with E-state index in [-0.39, 0.29) is 30.5 Å². The molecule has 0 aliphatic heterocycles. The van der Waals surface area contributed by atoms with Gasteiger partial charge in [-0.3, -0.25) is 9.59 Å². The molecule has 3 aromatic rings. The van der Waals surface area contributed by atoms with Gasteiger partial charge < -0.3 is 20.1 Å². The highest BCUT2D eigenvalue weighted by molar-refractivity contribution is 7.09. The van der Waals surface area contributed by atoms with E-state index in [0.717, 1.165) is 31.2 Å². The zero-order valence-corrected chi connectivity index (χ0v) is 20.7. The lowest BCUT2D eigenvalue weighted by Gasteiger charge is -2.32. The maximum Gasteiger partial charge on any atom is 0.271 e. The Morgan fingerprint density at radius 2 is 1.66 bits per heavy atom. The molecule has 4 rings (SSSR count). The number of ether oxygens (including phenoxy) is 2. The van der Waals surface area contributed by atoms with Crippen LogP contribution in [0.15, 0.2) is 60.0 Å². The molecule has 1 aliphatic carbocycles. The summed E-state index contributed by atoms with van der Waals surface area (Å²) in [6.07, 6.45) is 4.89. The van der Waals surface area contributed by atoms with Crippen LogP contribution in [0.3, 0.4) is 0 Å². The summed E-state index contributed by atoms with van der Waals surface area (Å²) in [6, 6.07) is 17.2. The summed E-state index contributed by atoms with van der Waals surface area (Å²) in [4.78, 5) is 29.9. The summed E-state index contributed by atoms with van der Waals surface area (Å²) in [5, 5.41) is 8.69. The molecular weight excluding hydrogens is 462 g/mol. The molecule has 1 fully saturated rings. The summed E-state index contributed by atoms with van der Waals surface area (Å²) >= 11 is 1.38. The first kappa shape index (κ1) is 24.7. The van der Waals surface area contributed by atoms with Crippen LogP contribution in [0.2, 0.25) is 0 Å². The highest BCUT2D eigenvalue weighted by atomic mass is 32.1. The number of thiazole rings is 1. The molecule has 184 valence electrons. The summed E-state index contributed by atoms with van der Waals surface area (Å²) in [7, 11) is 1.60. The van der Waals surface area contributed by atoms with Crippen molar-refractivity contribution in [2.75, 3.05) is 7.11 Å². The van der Waals surface area contributed by atoms with E-state index in [1.54, 1.807) is 12.5 Å². The van der Waals surface area contributed by atoms with E-state index >= 15 is 0 Å². The van der Waals surface area contributed by atoms with Gasteiger partial charge in [-0.15, -0.1) is 11.3 Å². The van der Waals surface area contributed by atoms with Crippen molar-refractivity contribution < 1.29 is 19.1 Å². The lowest BCUT2D eigenvalue weighted by atomic mass is 9.90. The third-order valence-electron chi connectivity index (χ3n) is 6.12. The number of hydrogen-bond acceptors (Lipinski definition) is 6. The van der Waals surface area contributed by atoms with Crippen LogP contribution < -0.4 is 20.1 Å². The highest BCUT2D eigenvalue weighted by Crippen LogP contribution is 2.27. The zero-order valence-electron chi connectivity index (χ0n) is 19.9. The fourth-order valence-electron chi connectivity index (χ4n) is 4.26. The van der Waals surface area contributed by atoms with Crippen molar-refractivity contribution in [1.82, 2.24) is 15.6 Å². The second-order valence-corrected chi connectivity index (χ2v) is 9.53. The highest BCUT2D eigenvalue weighted by Gasteiger charge is 2.28. The van der Waals surface area contributed by atoms with Gasteiger partial charge in [-0.25, -0.2) is 4.98 Å². The van der Waals surface area contributed by atoms with Gasteiger partial charge in [0, 0.05) is 23.9 Å². The molecule has 0 saturated heterocycles. The third-order valence-corrected chi connectivity index (χ3v) is 6.94. The van der Waals surface area contributed by atoms with E-state index in [1.807, 2.05) is 54.6 Å². The van der Waals surface area contributed by atoms with Gasteiger partial charge in [-0.2, -0.15) is 0 Å². The van der Waals surface area contributed by atoms with Crippen molar-refractivity contribution in [2.45, 2.75) is 57.2 Å².